The van der Waals surface area contributed by atoms with Crippen molar-refractivity contribution < 1.29 is 4.79 Å². The SMILES string of the molecule is CC(=O)N1CCc2nc(N3CCN(Cc4cccnc4)CC3)c(-c3cnn(C)c3)nc2C1. The Morgan fingerprint density at radius 2 is 1.91 bits per heavy atom. The van der Waals surface area contributed by atoms with Crippen molar-refractivity contribution in [2.75, 3.05) is 37.6 Å². The second-order valence-electron chi connectivity index (χ2n) is 8.51. The highest BCUT2D eigenvalue weighted by molar-refractivity contribution is 5.74. The van der Waals surface area contributed by atoms with E-state index in [0.717, 1.165) is 67.6 Å². The standard InChI is InChI=1S/C23H28N8O/c1-17(32)31-7-5-20-21(16-31)26-22(19-13-25-28(2)15-19)23(27-20)30-10-8-29(9-11-30)14-18-4-3-6-24-12-18/h3-4,6,12-13,15H,5,7-11,14,16H2,1-2H3. The largest absolute Gasteiger partial charge is 0.352 e. The number of rotatable bonds is 4. The van der Waals surface area contributed by atoms with E-state index in [0.29, 0.717) is 13.1 Å². The lowest BCUT2D eigenvalue weighted by atomic mass is 10.1. The molecule has 166 valence electrons. The van der Waals surface area contributed by atoms with Crippen LogP contribution in [-0.2, 0) is 31.4 Å². The van der Waals surface area contributed by atoms with Gasteiger partial charge in [-0.2, -0.15) is 5.10 Å². The topological polar surface area (TPSA) is 83.3 Å². The van der Waals surface area contributed by atoms with E-state index in [1.54, 1.807) is 11.6 Å². The Balaban J connectivity index is 1.40. The number of fused-ring (bicyclic) bond motifs is 1. The molecule has 3 aromatic heterocycles. The van der Waals surface area contributed by atoms with Crippen molar-refractivity contribution >= 4 is 11.7 Å². The number of aromatic nitrogens is 5. The minimum Gasteiger partial charge on any atom is -0.352 e. The summed E-state index contributed by atoms with van der Waals surface area (Å²) in [6.07, 6.45) is 8.30. The lowest BCUT2D eigenvalue weighted by Gasteiger charge is -2.36. The van der Waals surface area contributed by atoms with Crippen molar-refractivity contribution in [3.8, 4) is 11.3 Å². The van der Waals surface area contributed by atoms with Crippen molar-refractivity contribution in [3.63, 3.8) is 0 Å². The Morgan fingerprint density at radius 3 is 2.59 bits per heavy atom. The number of hydrogen-bond acceptors (Lipinski definition) is 7. The minimum absolute atomic E-state index is 0.0780. The van der Waals surface area contributed by atoms with Crippen molar-refractivity contribution in [2.24, 2.45) is 7.05 Å². The molecule has 0 atom stereocenters. The molecule has 0 bridgehead atoms. The van der Waals surface area contributed by atoms with Gasteiger partial charge in [0.05, 0.1) is 24.1 Å². The molecular weight excluding hydrogens is 404 g/mol. The number of amides is 1. The first-order valence-corrected chi connectivity index (χ1v) is 11.1. The van der Waals surface area contributed by atoms with Gasteiger partial charge in [-0.05, 0) is 11.6 Å². The maximum absolute atomic E-state index is 11.9. The van der Waals surface area contributed by atoms with E-state index in [-0.39, 0.29) is 5.91 Å². The van der Waals surface area contributed by atoms with E-state index in [1.165, 1.54) is 5.56 Å². The molecule has 0 radical (unpaired) electrons. The molecule has 5 rings (SSSR count). The number of nitrogens with zero attached hydrogens (tertiary/aromatic N) is 8. The van der Waals surface area contributed by atoms with Gasteiger partial charge in [0, 0.05) is 83.8 Å². The van der Waals surface area contributed by atoms with E-state index in [4.69, 9.17) is 9.97 Å². The second kappa shape index (κ2) is 8.66. The number of hydrogen-bond donors (Lipinski definition) is 0. The average Bonchev–Trinajstić information content (AvgIpc) is 3.25. The van der Waals surface area contributed by atoms with Gasteiger partial charge in [0.2, 0.25) is 5.91 Å². The second-order valence-corrected chi connectivity index (χ2v) is 8.51. The Labute approximate surface area is 187 Å². The van der Waals surface area contributed by atoms with Crippen LogP contribution in [0.15, 0.2) is 36.9 Å². The molecule has 9 nitrogen and oxygen atoms in total. The number of aryl methyl sites for hydroxylation is 1. The Morgan fingerprint density at radius 1 is 1.06 bits per heavy atom. The summed E-state index contributed by atoms with van der Waals surface area (Å²) >= 11 is 0. The van der Waals surface area contributed by atoms with Gasteiger partial charge in [0.15, 0.2) is 5.82 Å². The first-order chi connectivity index (χ1) is 15.6. The molecule has 9 heteroatoms. The molecule has 3 aromatic rings. The first-order valence-electron chi connectivity index (χ1n) is 11.1. The van der Waals surface area contributed by atoms with Crippen LogP contribution >= 0.6 is 0 Å². The maximum Gasteiger partial charge on any atom is 0.219 e. The zero-order valence-electron chi connectivity index (χ0n) is 18.6. The zero-order valence-corrected chi connectivity index (χ0v) is 18.6. The molecule has 1 saturated heterocycles. The van der Waals surface area contributed by atoms with Crippen molar-refractivity contribution in [3.05, 3.63) is 53.9 Å². The van der Waals surface area contributed by atoms with E-state index in [9.17, 15) is 4.79 Å². The molecule has 1 amide bonds. The van der Waals surface area contributed by atoms with Crippen LogP contribution < -0.4 is 4.90 Å². The molecule has 2 aliphatic rings. The van der Waals surface area contributed by atoms with Gasteiger partial charge in [-0.1, -0.05) is 6.07 Å². The van der Waals surface area contributed by atoms with Crippen LogP contribution in [0.25, 0.3) is 11.3 Å². The fourth-order valence-corrected chi connectivity index (χ4v) is 4.42. The minimum atomic E-state index is 0.0780. The monoisotopic (exact) mass is 432 g/mol. The van der Waals surface area contributed by atoms with Crippen molar-refractivity contribution in [1.29, 1.82) is 0 Å². The van der Waals surface area contributed by atoms with Gasteiger partial charge in [-0.3, -0.25) is 19.4 Å². The molecule has 0 saturated carbocycles. The highest BCUT2D eigenvalue weighted by Crippen LogP contribution is 2.31. The zero-order chi connectivity index (χ0) is 22.1. The van der Waals surface area contributed by atoms with Crippen LogP contribution in [0.4, 0.5) is 5.82 Å². The Hall–Kier alpha value is -3.33. The van der Waals surface area contributed by atoms with Crippen LogP contribution in [0.3, 0.4) is 0 Å². The molecule has 0 aromatic carbocycles. The molecule has 0 unspecified atom stereocenters. The smallest absolute Gasteiger partial charge is 0.219 e. The highest BCUT2D eigenvalue weighted by Gasteiger charge is 2.27. The number of piperazine rings is 1. The van der Waals surface area contributed by atoms with Gasteiger partial charge in [0.25, 0.3) is 0 Å². The molecule has 2 aliphatic heterocycles. The quantitative estimate of drug-likeness (QED) is 0.618. The predicted molar refractivity (Wildman–Crippen MR) is 121 cm³/mol. The average molecular weight is 433 g/mol. The van der Waals surface area contributed by atoms with E-state index < -0.39 is 0 Å². The molecule has 0 aliphatic carbocycles. The third-order valence-electron chi connectivity index (χ3n) is 6.22. The van der Waals surface area contributed by atoms with E-state index in [2.05, 4.69) is 25.9 Å². The molecule has 0 N–H and O–H groups in total. The third-order valence-corrected chi connectivity index (χ3v) is 6.22. The van der Waals surface area contributed by atoms with Crippen molar-refractivity contribution in [1.82, 2.24) is 34.5 Å². The predicted octanol–water partition coefficient (Wildman–Crippen LogP) is 1.50. The van der Waals surface area contributed by atoms with Crippen molar-refractivity contribution in [2.45, 2.75) is 26.4 Å². The summed E-state index contributed by atoms with van der Waals surface area (Å²) in [5.74, 6) is 1.00. The summed E-state index contributed by atoms with van der Waals surface area (Å²) < 4.78 is 1.79. The summed E-state index contributed by atoms with van der Waals surface area (Å²) in [6, 6.07) is 4.11. The molecule has 0 spiro atoms. The third kappa shape index (κ3) is 4.20. The van der Waals surface area contributed by atoms with E-state index >= 15 is 0 Å². The Bertz CT molecular complexity index is 1100. The molecule has 32 heavy (non-hydrogen) atoms. The fourth-order valence-electron chi connectivity index (χ4n) is 4.42. The summed E-state index contributed by atoms with van der Waals surface area (Å²) in [5, 5.41) is 4.35. The normalized spacial score (nSPS) is 16.8. The Kier molecular flexibility index (Phi) is 5.57. The summed E-state index contributed by atoms with van der Waals surface area (Å²) in [4.78, 5) is 32.8. The number of pyridine rings is 1. The summed E-state index contributed by atoms with van der Waals surface area (Å²) in [7, 11) is 1.91. The molecule has 5 heterocycles. The summed E-state index contributed by atoms with van der Waals surface area (Å²) in [6.45, 7) is 7.43. The van der Waals surface area contributed by atoms with Crippen LogP contribution in [0.2, 0.25) is 0 Å². The summed E-state index contributed by atoms with van der Waals surface area (Å²) in [5.41, 5.74) is 4.94. The number of anilines is 1. The van der Waals surface area contributed by atoms with Gasteiger partial charge < -0.3 is 9.80 Å². The number of carbonyl (C=O) groups is 1. The van der Waals surface area contributed by atoms with Gasteiger partial charge in [-0.15, -0.1) is 0 Å². The van der Waals surface area contributed by atoms with Gasteiger partial charge in [-0.25, -0.2) is 9.97 Å². The first kappa shape index (κ1) is 20.6. The van der Waals surface area contributed by atoms with Crippen LogP contribution in [0, 0.1) is 0 Å². The molecular formula is C23H28N8O. The van der Waals surface area contributed by atoms with Gasteiger partial charge in [0.1, 0.15) is 5.69 Å². The lowest BCUT2D eigenvalue weighted by molar-refractivity contribution is -0.129. The van der Waals surface area contributed by atoms with Crippen LogP contribution in [-0.4, -0.2) is 73.2 Å². The fraction of sp³-hybridized carbons (Fsp3) is 0.435. The number of carbonyl (C=O) groups excluding carboxylic acids is 1. The highest BCUT2D eigenvalue weighted by atomic mass is 16.2. The van der Waals surface area contributed by atoms with Crippen LogP contribution in [0.1, 0.15) is 23.9 Å². The van der Waals surface area contributed by atoms with Crippen LogP contribution in [0.5, 0.6) is 0 Å². The van der Waals surface area contributed by atoms with Gasteiger partial charge >= 0.3 is 0 Å². The maximum atomic E-state index is 11.9. The lowest BCUT2D eigenvalue weighted by Crippen LogP contribution is -2.46. The molecule has 1 fully saturated rings. The van der Waals surface area contributed by atoms with E-state index in [1.807, 2.05) is 42.8 Å².